The van der Waals surface area contributed by atoms with Crippen molar-refractivity contribution in [3.63, 3.8) is 0 Å². The average Bonchev–Trinajstić information content (AvgIpc) is 2.85. The number of halogens is 2. The number of rotatable bonds is 3. The average molecular weight is 320 g/mol. The number of alkyl halides is 1. The maximum Gasteiger partial charge on any atom is 0.129 e. The van der Waals surface area contributed by atoms with Gasteiger partial charge in [0.15, 0.2) is 0 Å². The van der Waals surface area contributed by atoms with Gasteiger partial charge in [0.05, 0.1) is 16.9 Å². The Balaban J connectivity index is 2.27. The quantitative estimate of drug-likeness (QED) is 0.663. The Kier molecular flexibility index (Phi) is 3.79. The van der Waals surface area contributed by atoms with Gasteiger partial charge in [-0.1, -0.05) is 17.7 Å². The summed E-state index contributed by atoms with van der Waals surface area (Å²) < 4.78 is 2.06. The highest BCUT2D eigenvalue weighted by atomic mass is 35.5. The highest BCUT2D eigenvalue weighted by molar-refractivity contribution is 6.31. The van der Waals surface area contributed by atoms with Crippen LogP contribution in [0, 0.1) is 0 Å². The van der Waals surface area contributed by atoms with E-state index in [9.17, 15) is 0 Å². The third-order valence-electron chi connectivity index (χ3n) is 3.41. The van der Waals surface area contributed by atoms with Gasteiger partial charge < -0.3 is 4.90 Å². The molecule has 1 heterocycles. The molecule has 5 heteroatoms. The normalized spacial score (nSPS) is 11.0. The Hall–Kier alpha value is -1.71. The van der Waals surface area contributed by atoms with E-state index in [1.165, 1.54) is 0 Å². The molecule has 0 bridgehead atoms. The number of hydrogen-bond acceptors (Lipinski definition) is 2. The fourth-order valence-corrected chi connectivity index (χ4v) is 2.73. The van der Waals surface area contributed by atoms with Crippen molar-refractivity contribution in [3.05, 3.63) is 53.3 Å². The lowest BCUT2D eigenvalue weighted by molar-refractivity contribution is 0.979. The van der Waals surface area contributed by atoms with E-state index in [1.807, 2.05) is 44.4 Å². The molecule has 0 spiro atoms. The number of imidazole rings is 1. The van der Waals surface area contributed by atoms with Gasteiger partial charge in [0.1, 0.15) is 5.82 Å². The molecule has 0 aliphatic rings. The van der Waals surface area contributed by atoms with E-state index in [4.69, 9.17) is 23.2 Å². The molecule has 0 saturated heterocycles. The summed E-state index contributed by atoms with van der Waals surface area (Å²) in [6.07, 6.45) is 0. The summed E-state index contributed by atoms with van der Waals surface area (Å²) in [5.41, 5.74) is 4.01. The minimum Gasteiger partial charge on any atom is -0.378 e. The number of nitrogens with zero attached hydrogens (tertiary/aromatic N) is 3. The van der Waals surface area contributed by atoms with Crippen molar-refractivity contribution in [2.24, 2.45) is 0 Å². The molecule has 0 aliphatic carbocycles. The first-order valence-corrected chi connectivity index (χ1v) is 7.52. The summed E-state index contributed by atoms with van der Waals surface area (Å²) >= 11 is 12.2. The van der Waals surface area contributed by atoms with Crippen molar-refractivity contribution in [2.75, 3.05) is 19.0 Å². The molecule has 2 aromatic carbocycles. The van der Waals surface area contributed by atoms with Crippen molar-refractivity contribution in [3.8, 4) is 5.69 Å². The monoisotopic (exact) mass is 319 g/mol. The van der Waals surface area contributed by atoms with Crippen LogP contribution in [0.5, 0.6) is 0 Å². The van der Waals surface area contributed by atoms with Gasteiger partial charge in [-0.15, -0.1) is 11.6 Å². The van der Waals surface area contributed by atoms with Gasteiger partial charge >= 0.3 is 0 Å². The molecule has 0 aliphatic heterocycles. The topological polar surface area (TPSA) is 21.1 Å². The Morgan fingerprint density at radius 3 is 2.67 bits per heavy atom. The van der Waals surface area contributed by atoms with E-state index in [-0.39, 0.29) is 0 Å². The van der Waals surface area contributed by atoms with Crippen LogP contribution in [0.3, 0.4) is 0 Å². The molecule has 3 rings (SSSR count). The van der Waals surface area contributed by atoms with Gasteiger partial charge in [0, 0.05) is 30.5 Å². The van der Waals surface area contributed by atoms with Gasteiger partial charge in [0.25, 0.3) is 0 Å². The minimum atomic E-state index is 0.346. The third kappa shape index (κ3) is 2.59. The van der Waals surface area contributed by atoms with E-state index < -0.39 is 0 Å². The maximum atomic E-state index is 6.13. The lowest BCUT2D eigenvalue weighted by atomic mass is 10.2. The molecule has 1 aromatic heterocycles. The Morgan fingerprint density at radius 2 is 1.95 bits per heavy atom. The molecule has 108 valence electrons. The molecule has 3 nitrogen and oxygen atoms in total. The summed E-state index contributed by atoms with van der Waals surface area (Å²) in [6.45, 7) is 0. The van der Waals surface area contributed by atoms with Crippen LogP contribution < -0.4 is 4.90 Å². The molecule has 0 fully saturated rings. The van der Waals surface area contributed by atoms with Crippen molar-refractivity contribution in [1.29, 1.82) is 0 Å². The van der Waals surface area contributed by atoms with Crippen LogP contribution in [0.4, 0.5) is 5.69 Å². The Labute approximate surface area is 133 Å². The largest absolute Gasteiger partial charge is 0.378 e. The van der Waals surface area contributed by atoms with Crippen molar-refractivity contribution in [2.45, 2.75) is 5.88 Å². The molecule has 0 saturated carbocycles. The smallest absolute Gasteiger partial charge is 0.129 e. The Morgan fingerprint density at radius 1 is 1.14 bits per heavy atom. The van der Waals surface area contributed by atoms with Gasteiger partial charge in [-0.2, -0.15) is 0 Å². The molecule has 0 amide bonds. The summed E-state index contributed by atoms with van der Waals surface area (Å²) in [7, 11) is 4.04. The fourth-order valence-electron chi connectivity index (χ4n) is 2.39. The van der Waals surface area contributed by atoms with E-state index in [1.54, 1.807) is 0 Å². The van der Waals surface area contributed by atoms with Crippen molar-refractivity contribution in [1.82, 2.24) is 9.55 Å². The Bertz CT molecular complexity index is 793. The molecular formula is C16H15Cl2N3. The van der Waals surface area contributed by atoms with Crippen LogP contribution in [0.2, 0.25) is 5.02 Å². The predicted octanol–water partition coefficient (Wildman–Crippen LogP) is 4.48. The number of hydrogen-bond donors (Lipinski definition) is 0. The molecule has 0 radical (unpaired) electrons. The van der Waals surface area contributed by atoms with Crippen LogP contribution in [-0.2, 0) is 5.88 Å². The second-order valence-electron chi connectivity index (χ2n) is 5.04. The number of aromatic nitrogens is 2. The predicted molar refractivity (Wildman–Crippen MR) is 90.0 cm³/mol. The SMILES string of the molecule is CN(C)c1cccc(-n2c(CCl)nc3ccc(Cl)cc32)c1. The van der Waals surface area contributed by atoms with E-state index in [0.717, 1.165) is 28.2 Å². The molecule has 0 unspecified atom stereocenters. The number of benzene rings is 2. The second-order valence-corrected chi connectivity index (χ2v) is 5.75. The van der Waals surface area contributed by atoms with E-state index >= 15 is 0 Å². The zero-order chi connectivity index (χ0) is 15.0. The van der Waals surface area contributed by atoms with Gasteiger partial charge in [-0.3, -0.25) is 4.57 Å². The van der Waals surface area contributed by atoms with Crippen molar-refractivity contribution < 1.29 is 0 Å². The summed E-state index contributed by atoms with van der Waals surface area (Å²) in [5, 5.41) is 0.688. The van der Waals surface area contributed by atoms with Crippen LogP contribution >= 0.6 is 23.2 Å². The van der Waals surface area contributed by atoms with Crippen LogP contribution in [-0.4, -0.2) is 23.6 Å². The highest BCUT2D eigenvalue weighted by Gasteiger charge is 2.12. The summed E-state index contributed by atoms with van der Waals surface area (Å²) in [4.78, 5) is 6.65. The van der Waals surface area contributed by atoms with Gasteiger partial charge in [-0.25, -0.2) is 4.98 Å². The second kappa shape index (κ2) is 5.58. The number of anilines is 1. The lowest BCUT2D eigenvalue weighted by Crippen LogP contribution is -2.09. The molecule has 21 heavy (non-hydrogen) atoms. The van der Waals surface area contributed by atoms with Crippen LogP contribution in [0.15, 0.2) is 42.5 Å². The molecule has 0 atom stereocenters. The third-order valence-corrected chi connectivity index (χ3v) is 3.88. The maximum absolute atomic E-state index is 6.13. The molecule has 0 N–H and O–H groups in total. The van der Waals surface area contributed by atoms with Gasteiger partial charge in [0.2, 0.25) is 0 Å². The van der Waals surface area contributed by atoms with E-state index in [0.29, 0.717) is 10.9 Å². The first kappa shape index (κ1) is 14.2. The van der Waals surface area contributed by atoms with Crippen LogP contribution in [0.1, 0.15) is 5.82 Å². The lowest BCUT2D eigenvalue weighted by Gasteiger charge is -2.15. The summed E-state index contributed by atoms with van der Waals surface area (Å²) in [6, 6.07) is 13.9. The first-order valence-electron chi connectivity index (χ1n) is 6.61. The highest BCUT2D eigenvalue weighted by Crippen LogP contribution is 2.27. The first-order chi connectivity index (χ1) is 10.1. The molecular weight excluding hydrogens is 305 g/mol. The number of fused-ring (bicyclic) bond motifs is 1. The zero-order valence-electron chi connectivity index (χ0n) is 11.8. The standard InChI is InChI=1S/C16H15Cl2N3/c1-20(2)12-4-3-5-13(9-12)21-15-8-11(18)6-7-14(15)19-16(21)10-17/h3-9H,10H2,1-2H3. The van der Waals surface area contributed by atoms with E-state index in [2.05, 4.69) is 26.6 Å². The zero-order valence-corrected chi connectivity index (χ0v) is 13.4. The van der Waals surface area contributed by atoms with Gasteiger partial charge in [-0.05, 0) is 36.4 Å². The fraction of sp³-hybridized carbons (Fsp3) is 0.188. The van der Waals surface area contributed by atoms with Crippen molar-refractivity contribution >= 4 is 39.9 Å². The molecule has 3 aromatic rings. The summed E-state index contributed by atoms with van der Waals surface area (Å²) in [5.74, 6) is 1.16. The van der Waals surface area contributed by atoms with Crippen LogP contribution in [0.25, 0.3) is 16.7 Å². The minimum absolute atomic E-state index is 0.346.